The largest absolute Gasteiger partial charge is 0.468 e. The highest BCUT2D eigenvalue weighted by Gasteiger charge is 2.17. The fourth-order valence-corrected chi connectivity index (χ4v) is 2.18. The molecule has 136 valence electrons. The molecule has 6 nitrogen and oxygen atoms in total. The van der Waals surface area contributed by atoms with Crippen LogP contribution < -0.4 is 10.1 Å². The van der Waals surface area contributed by atoms with E-state index in [0.29, 0.717) is 24.7 Å². The van der Waals surface area contributed by atoms with Gasteiger partial charge in [-0.2, -0.15) is 0 Å². The van der Waals surface area contributed by atoms with Gasteiger partial charge in [0, 0.05) is 12.5 Å². The number of methoxy groups -OCH3 is 1. The van der Waals surface area contributed by atoms with Crippen LogP contribution in [0.4, 0.5) is 10.5 Å². The highest BCUT2D eigenvalue weighted by Crippen LogP contribution is 2.28. The average molecular weight is 347 g/mol. The highest BCUT2D eigenvalue weighted by molar-refractivity contribution is 6.00. The Labute approximate surface area is 148 Å². The molecule has 1 N–H and O–H groups in total. The van der Waals surface area contributed by atoms with Crippen molar-refractivity contribution in [1.29, 1.82) is 0 Å². The van der Waals surface area contributed by atoms with Gasteiger partial charge in [-0.15, -0.1) is 0 Å². The third-order valence-electron chi connectivity index (χ3n) is 3.23. The minimum atomic E-state index is -0.553. The molecule has 0 saturated heterocycles. The van der Waals surface area contributed by atoms with Crippen LogP contribution in [-0.4, -0.2) is 38.8 Å². The van der Waals surface area contributed by atoms with Crippen LogP contribution in [0.5, 0.6) is 5.75 Å². The lowest BCUT2D eigenvalue weighted by Crippen LogP contribution is -2.27. The van der Waals surface area contributed by atoms with Crippen LogP contribution in [0, 0.1) is 0 Å². The number of fused-ring (bicyclic) bond motifs is 1. The van der Waals surface area contributed by atoms with Crippen molar-refractivity contribution in [3.8, 4) is 5.75 Å². The van der Waals surface area contributed by atoms with Crippen LogP contribution in [0.1, 0.15) is 20.8 Å². The van der Waals surface area contributed by atoms with E-state index in [4.69, 9.17) is 18.9 Å². The summed E-state index contributed by atoms with van der Waals surface area (Å²) in [6.45, 7) is 6.60. The second kappa shape index (κ2) is 8.69. The zero-order valence-corrected chi connectivity index (χ0v) is 15.1. The van der Waals surface area contributed by atoms with Crippen molar-refractivity contribution in [3.63, 3.8) is 0 Å². The monoisotopic (exact) mass is 347 g/mol. The number of anilines is 1. The van der Waals surface area contributed by atoms with E-state index in [-0.39, 0.29) is 6.79 Å². The Morgan fingerprint density at radius 1 is 1.12 bits per heavy atom. The molecule has 0 bridgehead atoms. The van der Waals surface area contributed by atoms with E-state index in [1.165, 1.54) is 0 Å². The summed E-state index contributed by atoms with van der Waals surface area (Å²) < 4.78 is 21.1. The van der Waals surface area contributed by atoms with Gasteiger partial charge in [-0.25, -0.2) is 4.79 Å². The van der Waals surface area contributed by atoms with E-state index >= 15 is 0 Å². The summed E-state index contributed by atoms with van der Waals surface area (Å²) in [7, 11) is 1.62. The van der Waals surface area contributed by atoms with Crippen LogP contribution in [0.3, 0.4) is 0 Å². The van der Waals surface area contributed by atoms with E-state index in [9.17, 15) is 4.79 Å². The Hall–Kier alpha value is -2.31. The SMILES string of the molecule is COCCOCOc1ccc2cccc(NC(=O)OC(C)(C)C)c2c1. The predicted molar refractivity (Wildman–Crippen MR) is 97.1 cm³/mol. The zero-order valence-electron chi connectivity index (χ0n) is 15.1. The molecule has 1 amide bonds. The van der Waals surface area contributed by atoms with Crippen molar-refractivity contribution in [1.82, 2.24) is 0 Å². The van der Waals surface area contributed by atoms with Crippen LogP contribution in [0.15, 0.2) is 36.4 Å². The van der Waals surface area contributed by atoms with Crippen LogP contribution in [0.2, 0.25) is 0 Å². The predicted octanol–water partition coefficient (Wildman–Crippen LogP) is 4.19. The Morgan fingerprint density at radius 2 is 1.92 bits per heavy atom. The van der Waals surface area contributed by atoms with E-state index in [1.54, 1.807) is 7.11 Å². The highest BCUT2D eigenvalue weighted by atomic mass is 16.7. The molecule has 0 aliphatic heterocycles. The quantitative estimate of drug-likeness (QED) is 0.601. The number of carbonyl (C=O) groups excluding carboxylic acids is 1. The second-order valence-electron chi connectivity index (χ2n) is 6.48. The molecule has 0 fully saturated rings. The molecule has 2 rings (SSSR count). The Morgan fingerprint density at radius 3 is 2.64 bits per heavy atom. The molecule has 0 spiro atoms. The van der Waals surface area contributed by atoms with Crippen molar-refractivity contribution >= 4 is 22.6 Å². The first-order valence-electron chi connectivity index (χ1n) is 8.11. The third-order valence-corrected chi connectivity index (χ3v) is 3.23. The number of hydrogen-bond donors (Lipinski definition) is 1. The number of hydrogen-bond acceptors (Lipinski definition) is 5. The topological polar surface area (TPSA) is 66.0 Å². The number of ether oxygens (including phenoxy) is 4. The number of benzene rings is 2. The van der Waals surface area contributed by atoms with Gasteiger partial charge in [0.2, 0.25) is 0 Å². The summed E-state index contributed by atoms with van der Waals surface area (Å²) in [6, 6.07) is 11.3. The average Bonchev–Trinajstić information content (AvgIpc) is 2.53. The number of rotatable bonds is 7. The standard InChI is InChI=1S/C19H25NO5/c1-19(2,3)25-18(21)20-17-7-5-6-14-8-9-15(12-16(14)17)24-13-23-11-10-22-4/h5-9,12H,10-11,13H2,1-4H3,(H,20,21). The van der Waals surface area contributed by atoms with Crippen molar-refractivity contribution in [2.24, 2.45) is 0 Å². The van der Waals surface area contributed by atoms with E-state index in [1.807, 2.05) is 57.2 Å². The smallest absolute Gasteiger partial charge is 0.412 e. The minimum absolute atomic E-state index is 0.135. The molecule has 2 aromatic rings. The van der Waals surface area contributed by atoms with Gasteiger partial charge in [-0.05, 0) is 44.4 Å². The van der Waals surface area contributed by atoms with Crippen molar-refractivity contribution < 1.29 is 23.7 Å². The molecule has 0 saturated carbocycles. The molecule has 25 heavy (non-hydrogen) atoms. The third kappa shape index (κ3) is 6.25. The Bertz CT molecular complexity index is 709. The molecule has 0 aromatic heterocycles. The van der Waals surface area contributed by atoms with Gasteiger partial charge < -0.3 is 18.9 Å². The normalized spacial score (nSPS) is 11.4. The van der Waals surface area contributed by atoms with Crippen LogP contribution >= 0.6 is 0 Å². The summed E-state index contributed by atoms with van der Waals surface area (Å²) in [6.07, 6.45) is -0.491. The molecule has 2 aromatic carbocycles. The molecular weight excluding hydrogens is 322 g/mol. The van der Waals surface area contributed by atoms with E-state index in [2.05, 4.69) is 5.32 Å². The fourth-order valence-electron chi connectivity index (χ4n) is 2.18. The molecule has 6 heteroatoms. The summed E-state index contributed by atoms with van der Waals surface area (Å²) in [5.74, 6) is 0.656. The van der Waals surface area contributed by atoms with Crippen molar-refractivity contribution in [2.75, 3.05) is 32.4 Å². The maximum atomic E-state index is 12.0. The summed E-state index contributed by atoms with van der Waals surface area (Å²) >= 11 is 0. The lowest BCUT2D eigenvalue weighted by atomic mass is 10.1. The van der Waals surface area contributed by atoms with Gasteiger partial charge in [-0.1, -0.05) is 18.2 Å². The Kier molecular flexibility index (Phi) is 6.61. The first kappa shape index (κ1) is 19.0. The van der Waals surface area contributed by atoms with Gasteiger partial charge >= 0.3 is 6.09 Å². The first-order valence-corrected chi connectivity index (χ1v) is 8.11. The van der Waals surface area contributed by atoms with Crippen LogP contribution in [-0.2, 0) is 14.2 Å². The molecule has 0 atom stereocenters. The lowest BCUT2D eigenvalue weighted by molar-refractivity contribution is -0.00841. The second-order valence-corrected chi connectivity index (χ2v) is 6.48. The first-order chi connectivity index (χ1) is 11.9. The number of nitrogens with one attached hydrogen (secondary N) is 1. The van der Waals surface area contributed by atoms with Gasteiger partial charge in [-0.3, -0.25) is 5.32 Å². The molecule has 0 radical (unpaired) electrons. The van der Waals surface area contributed by atoms with Gasteiger partial charge in [0.1, 0.15) is 11.4 Å². The zero-order chi connectivity index (χ0) is 18.3. The van der Waals surface area contributed by atoms with Crippen molar-refractivity contribution in [3.05, 3.63) is 36.4 Å². The van der Waals surface area contributed by atoms with Gasteiger partial charge in [0.15, 0.2) is 6.79 Å². The van der Waals surface area contributed by atoms with Gasteiger partial charge in [0.25, 0.3) is 0 Å². The van der Waals surface area contributed by atoms with E-state index < -0.39 is 11.7 Å². The molecule has 0 aliphatic carbocycles. The summed E-state index contributed by atoms with van der Waals surface area (Å²) in [5.41, 5.74) is 0.111. The number of amides is 1. The fraction of sp³-hybridized carbons (Fsp3) is 0.421. The van der Waals surface area contributed by atoms with Crippen molar-refractivity contribution in [2.45, 2.75) is 26.4 Å². The van der Waals surface area contributed by atoms with Gasteiger partial charge in [0.05, 0.1) is 18.9 Å². The van der Waals surface area contributed by atoms with Crippen LogP contribution in [0.25, 0.3) is 10.8 Å². The number of carbonyl (C=O) groups is 1. The summed E-state index contributed by atoms with van der Waals surface area (Å²) in [4.78, 5) is 12.0. The molecule has 0 heterocycles. The molecule has 0 unspecified atom stereocenters. The minimum Gasteiger partial charge on any atom is -0.468 e. The molecule has 0 aliphatic rings. The van der Waals surface area contributed by atoms with E-state index in [0.717, 1.165) is 10.8 Å². The lowest BCUT2D eigenvalue weighted by Gasteiger charge is -2.20. The molecular formula is C19H25NO5. The summed E-state index contributed by atoms with van der Waals surface area (Å²) in [5, 5.41) is 4.64. The maximum absolute atomic E-state index is 12.0. The Balaban J connectivity index is 2.09. The maximum Gasteiger partial charge on any atom is 0.412 e.